The third-order valence-electron chi connectivity index (χ3n) is 6.42. The molecule has 6 nitrogen and oxygen atoms in total. The summed E-state index contributed by atoms with van der Waals surface area (Å²) in [5.41, 5.74) is 2.38. The Morgan fingerprint density at radius 3 is 2.21 bits per heavy atom. The zero-order chi connectivity index (χ0) is 24.4. The Balaban J connectivity index is 1.84. The molecular formula is C25H22F3N3O3. The molecule has 0 saturated heterocycles. The molecule has 1 atom stereocenters. The normalized spacial score (nSPS) is 16.1. The molecule has 0 fully saturated rings. The first-order valence-electron chi connectivity index (χ1n) is 10.8. The van der Waals surface area contributed by atoms with Crippen LogP contribution in [0.2, 0.25) is 0 Å². The third kappa shape index (κ3) is 3.30. The Labute approximate surface area is 192 Å². The number of hydrogen-bond donors (Lipinski definition) is 0. The first-order valence-corrected chi connectivity index (χ1v) is 10.8. The molecule has 0 aliphatic carbocycles. The summed E-state index contributed by atoms with van der Waals surface area (Å²) in [6.07, 6.45) is -5.19. The topological polar surface area (TPSA) is 58.2 Å². The summed E-state index contributed by atoms with van der Waals surface area (Å²) in [5.74, 6) is 0. The number of fused-ring (bicyclic) bond motifs is 3. The second kappa shape index (κ2) is 7.73. The smallest absolute Gasteiger partial charge is 0.365 e. The number of nitrogens with zero attached hydrogens (tertiary/aromatic N) is 3. The summed E-state index contributed by atoms with van der Waals surface area (Å²) < 4.78 is 49.8. The van der Waals surface area contributed by atoms with Gasteiger partial charge in [-0.1, -0.05) is 42.0 Å². The maximum Gasteiger partial charge on any atom is 0.416 e. The van der Waals surface area contributed by atoms with Crippen molar-refractivity contribution >= 4 is 10.9 Å². The lowest BCUT2D eigenvalue weighted by atomic mass is 10.0. The van der Waals surface area contributed by atoms with Crippen LogP contribution >= 0.6 is 0 Å². The van der Waals surface area contributed by atoms with Crippen molar-refractivity contribution in [2.24, 2.45) is 14.1 Å². The highest BCUT2D eigenvalue weighted by molar-refractivity contribution is 5.96. The zero-order valence-corrected chi connectivity index (χ0v) is 18.8. The van der Waals surface area contributed by atoms with Crippen molar-refractivity contribution in [2.75, 3.05) is 6.61 Å². The van der Waals surface area contributed by atoms with Gasteiger partial charge in [0.2, 0.25) is 0 Å². The Hall–Kier alpha value is -3.59. The second-order valence-electron chi connectivity index (χ2n) is 8.55. The average Bonchev–Trinajstić information content (AvgIpc) is 3.17. The lowest BCUT2D eigenvalue weighted by Crippen LogP contribution is -2.37. The van der Waals surface area contributed by atoms with Crippen LogP contribution < -0.4 is 11.2 Å². The van der Waals surface area contributed by atoms with Crippen molar-refractivity contribution in [1.29, 1.82) is 0 Å². The number of alkyl halides is 3. The predicted molar refractivity (Wildman–Crippen MR) is 122 cm³/mol. The van der Waals surface area contributed by atoms with Crippen LogP contribution in [-0.4, -0.2) is 20.3 Å². The van der Waals surface area contributed by atoms with E-state index in [1.165, 1.54) is 23.7 Å². The molecule has 1 unspecified atom stereocenters. The number of ether oxygens (including phenoxy) is 1. The fraction of sp³-hybridized carbons (Fsp3) is 0.280. The molecule has 2 aromatic carbocycles. The van der Waals surface area contributed by atoms with Gasteiger partial charge in [0.15, 0.2) is 0 Å². The molecule has 0 spiro atoms. The van der Waals surface area contributed by atoms with E-state index in [2.05, 4.69) is 0 Å². The molecule has 0 radical (unpaired) electrons. The fourth-order valence-corrected chi connectivity index (χ4v) is 4.69. The summed E-state index contributed by atoms with van der Waals surface area (Å²) >= 11 is 0. The van der Waals surface area contributed by atoms with E-state index in [0.29, 0.717) is 41.0 Å². The van der Waals surface area contributed by atoms with E-state index in [1.54, 1.807) is 7.05 Å². The van der Waals surface area contributed by atoms with Crippen LogP contribution in [0.3, 0.4) is 0 Å². The first kappa shape index (κ1) is 22.2. The molecule has 9 heteroatoms. The van der Waals surface area contributed by atoms with Gasteiger partial charge in [-0.15, -0.1) is 0 Å². The molecule has 34 heavy (non-hydrogen) atoms. The monoisotopic (exact) mass is 469 g/mol. The van der Waals surface area contributed by atoms with E-state index < -0.39 is 29.1 Å². The third-order valence-corrected chi connectivity index (χ3v) is 6.42. The molecule has 0 bridgehead atoms. The van der Waals surface area contributed by atoms with Crippen molar-refractivity contribution in [2.45, 2.75) is 25.7 Å². The van der Waals surface area contributed by atoms with Crippen molar-refractivity contribution in [3.05, 3.63) is 91.8 Å². The highest BCUT2D eigenvalue weighted by atomic mass is 19.4. The fourth-order valence-electron chi connectivity index (χ4n) is 4.69. The largest absolute Gasteiger partial charge is 0.416 e. The Kier molecular flexibility index (Phi) is 5.05. The second-order valence-corrected chi connectivity index (χ2v) is 8.55. The molecule has 0 saturated carbocycles. The van der Waals surface area contributed by atoms with E-state index in [9.17, 15) is 22.8 Å². The minimum Gasteiger partial charge on any atom is -0.365 e. The van der Waals surface area contributed by atoms with E-state index in [4.69, 9.17) is 4.74 Å². The van der Waals surface area contributed by atoms with Crippen LogP contribution in [0, 0.1) is 6.92 Å². The zero-order valence-electron chi connectivity index (χ0n) is 18.8. The Morgan fingerprint density at radius 2 is 1.59 bits per heavy atom. The molecule has 4 aromatic rings. The van der Waals surface area contributed by atoms with Crippen LogP contribution in [0.1, 0.15) is 28.5 Å². The van der Waals surface area contributed by atoms with Gasteiger partial charge >= 0.3 is 11.9 Å². The summed E-state index contributed by atoms with van der Waals surface area (Å²) in [6, 6.07) is 12.5. The minimum atomic E-state index is -4.45. The van der Waals surface area contributed by atoms with Gasteiger partial charge in [0.1, 0.15) is 6.10 Å². The maximum atomic E-state index is 13.3. The van der Waals surface area contributed by atoms with Gasteiger partial charge in [-0.2, -0.15) is 13.2 Å². The van der Waals surface area contributed by atoms with Crippen LogP contribution in [0.4, 0.5) is 13.2 Å². The molecule has 3 heterocycles. The van der Waals surface area contributed by atoms with Gasteiger partial charge in [-0.25, -0.2) is 4.79 Å². The van der Waals surface area contributed by atoms with Gasteiger partial charge in [0, 0.05) is 20.6 Å². The number of benzene rings is 2. The van der Waals surface area contributed by atoms with E-state index in [-0.39, 0.29) is 0 Å². The molecule has 1 aliphatic rings. The predicted octanol–water partition coefficient (Wildman–Crippen LogP) is 4.15. The molecule has 2 aromatic heterocycles. The van der Waals surface area contributed by atoms with Crippen LogP contribution in [0.15, 0.2) is 58.1 Å². The number of halogens is 3. The SMILES string of the molecule is Cc1ccc(-c2c3c(=O)n(C)c(=O)n(C)c3c3n2CCOC3c2ccc(C(F)(F)F)cc2)cc1. The molecule has 176 valence electrons. The summed E-state index contributed by atoms with van der Waals surface area (Å²) in [4.78, 5) is 26.2. The molecule has 1 aliphatic heterocycles. The van der Waals surface area contributed by atoms with Gasteiger partial charge in [-0.3, -0.25) is 13.9 Å². The van der Waals surface area contributed by atoms with Gasteiger partial charge < -0.3 is 9.30 Å². The van der Waals surface area contributed by atoms with E-state index >= 15 is 0 Å². The lowest BCUT2D eigenvalue weighted by Gasteiger charge is -2.28. The number of aromatic nitrogens is 3. The molecule has 5 rings (SSSR count). The Bertz CT molecular complexity index is 1530. The number of rotatable bonds is 2. The highest BCUT2D eigenvalue weighted by Crippen LogP contribution is 2.41. The average molecular weight is 469 g/mol. The van der Waals surface area contributed by atoms with Gasteiger partial charge in [0.25, 0.3) is 5.56 Å². The summed E-state index contributed by atoms with van der Waals surface area (Å²) in [7, 11) is 3.02. The molecule has 0 N–H and O–H groups in total. The maximum absolute atomic E-state index is 13.3. The molecular weight excluding hydrogens is 447 g/mol. The highest BCUT2D eigenvalue weighted by Gasteiger charge is 2.34. The summed E-state index contributed by atoms with van der Waals surface area (Å²) in [5, 5.41) is 0.380. The van der Waals surface area contributed by atoms with E-state index in [0.717, 1.165) is 27.8 Å². The van der Waals surface area contributed by atoms with E-state index in [1.807, 2.05) is 35.8 Å². The lowest BCUT2D eigenvalue weighted by molar-refractivity contribution is -0.137. The van der Waals surface area contributed by atoms with Crippen LogP contribution in [-0.2, 0) is 31.6 Å². The number of hydrogen-bond acceptors (Lipinski definition) is 3. The van der Waals surface area contributed by atoms with Crippen molar-refractivity contribution in [3.8, 4) is 11.3 Å². The summed E-state index contributed by atoms with van der Waals surface area (Å²) in [6.45, 7) is 2.70. The molecule has 0 amide bonds. The Morgan fingerprint density at radius 1 is 0.941 bits per heavy atom. The standard InChI is InChI=1S/C25H22F3N3O3/c1-14-4-6-15(7-5-14)19-18-20(29(2)24(33)30(3)23(18)32)21-22(34-13-12-31(19)21)16-8-10-17(11-9-16)25(26,27)28/h4-11,22H,12-13H2,1-3H3. The van der Waals surface area contributed by atoms with Crippen molar-refractivity contribution in [1.82, 2.24) is 13.7 Å². The minimum absolute atomic E-state index is 0.298. The van der Waals surface area contributed by atoms with Crippen LogP contribution in [0.25, 0.3) is 22.2 Å². The van der Waals surface area contributed by atoms with Gasteiger partial charge in [-0.05, 0) is 30.2 Å². The quantitative estimate of drug-likeness (QED) is 0.443. The first-order chi connectivity index (χ1) is 16.1. The van der Waals surface area contributed by atoms with Gasteiger partial charge in [0.05, 0.1) is 34.5 Å². The van der Waals surface area contributed by atoms with Crippen molar-refractivity contribution < 1.29 is 17.9 Å². The van der Waals surface area contributed by atoms with Crippen LogP contribution in [0.5, 0.6) is 0 Å². The number of aryl methyl sites for hydroxylation is 2. The van der Waals surface area contributed by atoms with Crippen molar-refractivity contribution in [3.63, 3.8) is 0 Å².